The smallest absolute Gasteiger partial charge is 0.0266 e. The first kappa shape index (κ1) is 9.36. The maximum Gasteiger partial charge on any atom is 0.0266 e. The molecule has 1 rings (SSSR count). The van der Waals surface area contributed by atoms with Gasteiger partial charge in [-0.25, -0.2) is 0 Å². The van der Waals surface area contributed by atoms with Crippen molar-refractivity contribution < 1.29 is 0 Å². The summed E-state index contributed by atoms with van der Waals surface area (Å²) >= 11 is 1.53. The van der Waals surface area contributed by atoms with E-state index in [0.29, 0.717) is 10.7 Å². The maximum absolute atomic E-state index is 5.62. The zero-order valence-electron chi connectivity index (χ0n) is 7.63. The molecule has 1 fully saturated rings. The van der Waals surface area contributed by atoms with Gasteiger partial charge in [0.15, 0.2) is 0 Å². The van der Waals surface area contributed by atoms with E-state index in [0.717, 1.165) is 0 Å². The zero-order valence-corrected chi connectivity index (χ0v) is 8.45. The van der Waals surface area contributed by atoms with Crippen LogP contribution in [0.15, 0.2) is 0 Å². The van der Waals surface area contributed by atoms with Gasteiger partial charge in [-0.3, -0.25) is 5.14 Å². The Bertz CT molecular complexity index is 136. The average Bonchev–Trinajstić information content (AvgIpc) is 1.85. The molecule has 1 saturated heterocycles. The van der Waals surface area contributed by atoms with Crippen molar-refractivity contribution in [3.05, 3.63) is 0 Å². The summed E-state index contributed by atoms with van der Waals surface area (Å²) in [7, 11) is 2.18. The van der Waals surface area contributed by atoms with Gasteiger partial charge in [0.05, 0.1) is 0 Å². The molecule has 0 aromatic heterocycles. The summed E-state index contributed by atoms with van der Waals surface area (Å²) in [5.41, 5.74) is 0.381. The first-order valence-electron chi connectivity index (χ1n) is 4.10. The number of hydrogen-bond donors (Lipinski definition) is 1. The fourth-order valence-corrected chi connectivity index (χ4v) is 2.54. The van der Waals surface area contributed by atoms with Crippen molar-refractivity contribution in [2.75, 3.05) is 20.1 Å². The predicted molar refractivity (Wildman–Crippen MR) is 51.5 cm³/mol. The lowest BCUT2D eigenvalue weighted by Gasteiger charge is -2.41. The molecule has 0 amide bonds. The van der Waals surface area contributed by atoms with Gasteiger partial charge in [-0.1, -0.05) is 25.8 Å². The van der Waals surface area contributed by atoms with Crippen LogP contribution in [0.4, 0.5) is 0 Å². The molecule has 0 bridgehead atoms. The summed E-state index contributed by atoms with van der Waals surface area (Å²) in [6.07, 6.45) is 1.23. The molecule has 2 nitrogen and oxygen atoms in total. The van der Waals surface area contributed by atoms with Crippen LogP contribution in [0.5, 0.6) is 0 Å². The highest BCUT2D eigenvalue weighted by Gasteiger charge is 2.34. The van der Waals surface area contributed by atoms with Crippen molar-refractivity contribution in [2.24, 2.45) is 10.6 Å². The van der Waals surface area contributed by atoms with Gasteiger partial charge in [-0.15, -0.1) is 0 Å². The minimum absolute atomic E-state index is 0.381. The molecule has 2 N–H and O–H groups in total. The topological polar surface area (TPSA) is 29.3 Å². The molecule has 0 aliphatic carbocycles. The quantitative estimate of drug-likeness (QED) is 0.608. The van der Waals surface area contributed by atoms with Crippen LogP contribution in [0.3, 0.4) is 0 Å². The van der Waals surface area contributed by atoms with E-state index in [1.165, 1.54) is 31.5 Å². The Hall–Kier alpha value is 0.270. The van der Waals surface area contributed by atoms with E-state index in [-0.39, 0.29) is 0 Å². The third-order valence-corrected chi connectivity index (χ3v) is 3.69. The number of likely N-dealkylation sites (tertiary alicyclic amines) is 1. The normalized spacial score (nSPS) is 32.2. The standard InChI is InChI=1S/C8H18N2S/c1-8(2)6-10(3)5-4-7(8)11-9/h7H,4-6,9H2,1-3H3. The second-order valence-corrected chi connectivity index (χ2v) is 4.98. The minimum atomic E-state index is 0.381. The maximum atomic E-state index is 5.62. The van der Waals surface area contributed by atoms with E-state index in [1.807, 2.05) is 0 Å². The van der Waals surface area contributed by atoms with Crippen molar-refractivity contribution in [1.82, 2.24) is 4.90 Å². The molecule has 1 aliphatic rings. The molecule has 0 radical (unpaired) electrons. The van der Waals surface area contributed by atoms with Crippen molar-refractivity contribution in [2.45, 2.75) is 25.5 Å². The molecule has 11 heavy (non-hydrogen) atoms. The molecule has 1 aliphatic heterocycles. The molecule has 0 aromatic rings. The van der Waals surface area contributed by atoms with E-state index in [1.54, 1.807) is 0 Å². The molecule has 0 aromatic carbocycles. The molecular formula is C8H18N2S. The summed E-state index contributed by atoms with van der Waals surface area (Å²) in [5.74, 6) is 0. The Kier molecular flexibility index (Phi) is 2.84. The van der Waals surface area contributed by atoms with Gasteiger partial charge < -0.3 is 4.90 Å². The fourth-order valence-electron chi connectivity index (χ4n) is 1.86. The van der Waals surface area contributed by atoms with E-state index < -0.39 is 0 Å². The molecule has 1 atom stereocenters. The SMILES string of the molecule is CN1CCC(SN)C(C)(C)C1. The van der Waals surface area contributed by atoms with Gasteiger partial charge in [-0.2, -0.15) is 0 Å². The van der Waals surface area contributed by atoms with Gasteiger partial charge in [0.2, 0.25) is 0 Å². The summed E-state index contributed by atoms with van der Waals surface area (Å²) in [5, 5.41) is 6.26. The third kappa shape index (κ3) is 2.10. The third-order valence-electron chi connectivity index (χ3n) is 2.49. The Balaban J connectivity index is 2.56. The van der Waals surface area contributed by atoms with Crippen molar-refractivity contribution in [3.63, 3.8) is 0 Å². The lowest BCUT2D eigenvalue weighted by molar-refractivity contribution is 0.151. The van der Waals surface area contributed by atoms with Crippen LogP contribution in [0.25, 0.3) is 0 Å². The predicted octanol–water partition coefficient (Wildman–Crippen LogP) is 1.32. The lowest BCUT2D eigenvalue weighted by Crippen LogP contribution is -2.46. The Morgan fingerprint density at radius 1 is 1.55 bits per heavy atom. The number of nitrogens with two attached hydrogens (primary N) is 1. The number of nitrogens with zero attached hydrogens (tertiary/aromatic N) is 1. The Labute approximate surface area is 73.6 Å². The van der Waals surface area contributed by atoms with Crippen LogP contribution in [-0.4, -0.2) is 30.3 Å². The first-order valence-corrected chi connectivity index (χ1v) is 5.04. The highest BCUT2D eigenvalue weighted by atomic mass is 32.2. The highest BCUT2D eigenvalue weighted by molar-refractivity contribution is 7.97. The van der Waals surface area contributed by atoms with Gasteiger partial charge in [0, 0.05) is 11.8 Å². The van der Waals surface area contributed by atoms with Crippen molar-refractivity contribution >= 4 is 11.9 Å². The first-order chi connectivity index (χ1) is 5.06. The van der Waals surface area contributed by atoms with Crippen LogP contribution in [-0.2, 0) is 0 Å². The zero-order chi connectivity index (χ0) is 8.48. The second-order valence-electron chi connectivity index (χ2n) is 4.14. The highest BCUT2D eigenvalue weighted by Crippen LogP contribution is 2.34. The molecule has 0 spiro atoms. The molecule has 0 saturated carbocycles. The number of rotatable bonds is 1. The summed E-state index contributed by atoms with van der Waals surface area (Å²) in [6.45, 7) is 6.96. The lowest BCUT2D eigenvalue weighted by atomic mass is 9.84. The molecular weight excluding hydrogens is 156 g/mol. The molecule has 1 heterocycles. The second kappa shape index (κ2) is 3.33. The van der Waals surface area contributed by atoms with E-state index >= 15 is 0 Å². The number of piperidine rings is 1. The molecule has 66 valence electrons. The Morgan fingerprint density at radius 2 is 2.18 bits per heavy atom. The summed E-state index contributed by atoms with van der Waals surface area (Å²) in [4.78, 5) is 2.38. The van der Waals surface area contributed by atoms with Crippen LogP contribution < -0.4 is 5.14 Å². The van der Waals surface area contributed by atoms with Crippen molar-refractivity contribution in [3.8, 4) is 0 Å². The van der Waals surface area contributed by atoms with Crippen LogP contribution in [0.2, 0.25) is 0 Å². The van der Waals surface area contributed by atoms with Crippen molar-refractivity contribution in [1.29, 1.82) is 0 Å². The number of hydrogen-bond acceptors (Lipinski definition) is 3. The summed E-state index contributed by atoms with van der Waals surface area (Å²) < 4.78 is 0. The van der Waals surface area contributed by atoms with Crippen LogP contribution in [0.1, 0.15) is 20.3 Å². The molecule has 3 heteroatoms. The summed E-state index contributed by atoms with van der Waals surface area (Å²) in [6, 6.07) is 0. The molecule has 1 unspecified atom stereocenters. The largest absolute Gasteiger partial charge is 0.306 e. The van der Waals surface area contributed by atoms with E-state index in [4.69, 9.17) is 5.14 Å². The monoisotopic (exact) mass is 174 g/mol. The van der Waals surface area contributed by atoms with E-state index in [2.05, 4.69) is 25.8 Å². The van der Waals surface area contributed by atoms with Gasteiger partial charge in [-0.05, 0) is 25.4 Å². The fraction of sp³-hybridized carbons (Fsp3) is 1.00. The van der Waals surface area contributed by atoms with Gasteiger partial charge in [0.1, 0.15) is 0 Å². The van der Waals surface area contributed by atoms with Crippen LogP contribution in [0, 0.1) is 5.41 Å². The van der Waals surface area contributed by atoms with Gasteiger partial charge >= 0.3 is 0 Å². The minimum Gasteiger partial charge on any atom is -0.306 e. The Morgan fingerprint density at radius 3 is 2.64 bits per heavy atom. The van der Waals surface area contributed by atoms with E-state index in [9.17, 15) is 0 Å². The van der Waals surface area contributed by atoms with Crippen LogP contribution >= 0.6 is 11.9 Å². The average molecular weight is 174 g/mol. The van der Waals surface area contributed by atoms with Gasteiger partial charge in [0.25, 0.3) is 0 Å².